The Labute approximate surface area is 126 Å². The lowest BCUT2D eigenvalue weighted by molar-refractivity contribution is -0.151. The van der Waals surface area contributed by atoms with Crippen LogP contribution in [0.5, 0.6) is 0 Å². The Kier molecular flexibility index (Phi) is 7.71. The van der Waals surface area contributed by atoms with E-state index < -0.39 is 6.04 Å². The lowest BCUT2D eigenvalue weighted by Gasteiger charge is -2.35. The van der Waals surface area contributed by atoms with Crippen molar-refractivity contribution in [3.05, 3.63) is 25.3 Å². The van der Waals surface area contributed by atoms with E-state index in [1.54, 1.807) is 24.0 Å². The molecule has 118 valence electrons. The summed E-state index contributed by atoms with van der Waals surface area (Å²) in [5, 5.41) is 3.16. The maximum absolute atomic E-state index is 12.3. The molecule has 0 spiro atoms. The van der Waals surface area contributed by atoms with Crippen LogP contribution in [0.4, 0.5) is 0 Å². The first-order valence-electron chi connectivity index (χ1n) is 7.25. The summed E-state index contributed by atoms with van der Waals surface area (Å²) in [5.74, 6) is -0.317. The van der Waals surface area contributed by atoms with Gasteiger partial charge in [-0.2, -0.15) is 0 Å². The third kappa shape index (κ3) is 5.32. The maximum atomic E-state index is 12.3. The number of ether oxygens (including phenoxy) is 1. The highest BCUT2D eigenvalue weighted by molar-refractivity contribution is 5.81. The highest BCUT2D eigenvalue weighted by atomic mass is 16.5. The van der Waals surface area contributed by atoms with E-state index in [1.807, 2.05) is 4.90 Å². The average molecular weight is 295 g/mol. The first kappa shape index (κ1) is 17.4. The third-order valence-electron chi connectivity index (χ3n) is 3.30. The highest BCUT2D eigenvalue weighted by Gasteiger charge is 2.31. The Balaban J connectivity index is 2.67. The second-order valence-corrected chi connectivity index (χ2v) is 4.82. The Morgan fingerprint density at radius 1 is 1.38 bits per heavy atom. The smallest absolute Gasteiger partial charge is 0.324 e. The third-order valence-corrected chi connectivity index (χ3v) is 3.30. The predicted octanol–water partition coefficient (Wildman–Crippen LogP) is 0.0239. The Bertz CT molecular complexity index is 374. The molecule has 6 heteroatoms. The van der Waals surface area contributed by atoms with Crippen LogP contribution in [-0.4, -0.2) is 73.6 Å². The summed E-state index contributed by atoms with van der Waals surface area (Å²) < 4.78 is 5.07. The Hall–Kier alpha value is -1.66. The minimum Gasteiger partial charge on any atom is -0.465 e. The fourth-order valence-electron chi connectivity index (χ4n) is 2.27. The second-order valence-electron chi connectivity index (χ2n) is 4.82. The summed E-state index contributed by atoms with van der Waals surface area (Å²) in [6.45, 7) is 12.5. The van der Waals surface area contributed by atoms with Crippen LogP contribution in [0.3, 0.4) is 0 Å². The molecule has 1 saturated heterocycles. The van der Waals surface area contributed by atoms with Crippen molar-refractivity contribution in [1.82, 2.24) is 15.1 Å². The number of piperazine rings is 1. The average Bonchev–Trinajstić information content (AvgIpc) is 2.47. The van der Waals surface area contributed by atoms with E-state index in [0.717, 1.165) is 6.54 Å². The number of carbonyl (C=O) groups excluding carboxylic acids is 2. The Morgan fingerprint density at radius 2 is 2.05 bits per heavy atom. The van der Waals surface area contributed by atoms with Gasteiger partial charge in [0.25, 0.3) is 0 Å². The summed E-state index contributed by atoms with van der Waals surface area (Å²) in [6.07, 6.45) is 3.37. The molecule has 0 aliphatic carbocycles. The zero-order valence-corrected chi connectivity index (χ0v) is 12.7. The topological polar surface area (TPSA) is 61.9 Å². The van der Waals surface area contributed by atoms with Crippen LogP contribution in [0.2, 0.25) is 0 Å². The van der Waals surface area contributed by atoms with Crippen molar-refractivity contribution in [3.63, 3.8) is 0 Å². The molecule has 1 unspecified atom stereocenters. The molecule has 1 N–H and O–H groups in total. The van der Waals surface area contributed by atoms with E-state index in [0.29, 0.717) is 32.8 Å². The molecule has 1 atom stereocenters. The van der Waals surface area contributed by atoms with Gasteiger partial charge in [0.15, 0.2) is 0 Å². The van der Waals surface area contributed by atoms with Crippen molar-refractivity contribution in [2.75, 3.05) is 45.9 Å². The lowest BCUT2D eigenvalue weighted by Crippen LogP contribution is -2.57. The van der Waals surface area contributed by atoms with Gasteiger partial charge in [0.2, 0.25) is 5.91 Å². The van der Waals surface area contributed by atoms with Crippen molar-refractivity contribution in [1.29, 1.82) is 0 Å². The van der Waals surface area contributed by atoms with Crippen LogP contribution >= 0.6 is 0 Å². The Morgan fingerprint density at radius 3 is 2.62 bits per heavy atom. The van der Waals surface area contributed by atoms with Crippen molar-refractivity contribution in [3.8, 4) is 0 Å². The van der Waals surface area contributed by atoms with Gasteiger partial charge in [0, 0.05) is 32.7 Å². The van der Waals surface area contributed by atoms with E-state index in [4.69, 9.17) is 4.74 Å². The number of hydrogen-bond donors (Lipinski definition) is 1. The van der Waals surface area contributed by atoms with Gasteiger partial charge in [-0.3, -0.25) is 14.5 Å². The van der Waals surface area contributed by atoms with Crippen LogP contribution in [0.25, 0.3) is 0 Å². The molecule has 1 rings (SSSR count). The lowest BCUT2D eigenvalue weighted by atomic mass is 10.2. The number of hydrogen-bond acceptors (Lipinski definition) is 5. The normalized spacial score (nSPS) is 18.8. The number of rotatable bonds is 8. The van der Waals surface area contributed by atoms with Gasteiger partial charge in [-0.15, -0.1) is 13.2 Å². The molecule has 1 aliphatic heterocycles. The molecule has 1 amide bonds. The summed E-state index contributed by atoms with van der Waals surface area (Å²) in [6, 6.07) is -0.406. The molecule has 1 heterocycles. The van der Waals surface area contributed by atoms with Crippen LogP contribution in [0, 0.1) is 0 Å². The number of carbonyl (C=O) groups is 2. The number of nitrogens with one attached hydrogen (secondary N) is 1. The van der Waals surface area contributed by atoms with E-state index in [9.17, 15) is 9.59 Å². The predicted molar refractivity (Wildman–Crippen MR) is 81.8 cm³/mol. The first-order chi connectivity index (χ1) is 10.1. The minimum absolute atomic E-state index is 0.0361. The number of esters is 1. The molecule has 1 aliphatic rings. The van der Waals surface area contributed by atoms with Gasteiger partial charge in [-0.1, -0.05) is 12.2 Å². The zero-order chi connectivity index (χ0) is 15.7. The molecule has 1 fully saturated rings. The van der Waals surface area contributed by atoms with Gasteiger partial charge >= 0.3 is 5.97 Å². The molecule has 0 bridgehead atoms. The van der Waals surface area contributed by atoms with Crippen LogP contribution in [0.15, 0.2) is 25.3 Å². The van der Waals surface area contributed by atoms with Gasteiger partial charge in [0.1, 0.15) is 6.04 Å². The number of nitrogens with zero attached hydrogens (tertiary/aromatic N) is 2. The van der Waals surface area contributed by atoms with Gasteiger partial charge in [0.05, 0.1) is 13.2 Å². The van der Waals surface area contributed by atoms with Gasteiger partial charge in [-0.25, -0.2) is 0 Å². The van der Waals surface area contributed by atoms with E-state index >= 15 is 0 Å². The van der Waals surface area contributed by atoms with Gasteiger partial charge < -0.3 is 15.0 Å². The fourth-order valence-corrected chi connectivity index (χ4v) is 2.27. The first-order valence-corrected chi connectivity index (χ1v) is 7.25. The minimum atomic E-state index is -0.406. The van der Waals surface area contributed by atoms with Crippen molar-refractivity contribution in [2.24, 2.45) is 0 Å². The SMILES string of the molecule is C=CCN(CC=C)C(=O)CN1CCNCC1C(=O)OCC. The molecule has 6 nitrogen and oxygen atoms in total. The van der Waals surface area contributed by atoms with Crippen molar-refractivity contribution >= 4 is 11.9 Å². The van der Waals surface area contributed by atoms with E-state index in [2.05, 4.69) is 18.5 Å². The van der Waals surface area contributed by atoms with Crippen molar-refractivity contribution in [2.45, 2.75) is 13.0 Å². The summed E-state index contributed by atoms with van der Waals surface area (Å²) in [5.41, 5.74) is 0. The van der Waals surface area contributed by atoms with Crippen molar-refractivity contribution < 1.29 is 14.3 Å². The molecular formula is C15H25N3O3. The zero-order valence-electron chi connectivity index (χ0n) is 12.7. The van der Waals surface area contributed by atoms with Gasteiger partial charge in [-0.05, 0) is 6.92 Å². The molecule has 21 heavy (non-hydrogen) atoms. The molecule has 0 aromatic rings. The summed E-state index contributed by atoms with van der Waals surface area (Å²) in [7, 11) is 0. The van der Waals surface area contributed by atoms with Crippen LogP contribution < -0.4 is 5.32 Å². The highest BCUT2D eigenvalue weighted by Crippen LogP contribution is 2.07. The quantitative estimate of drug-likeness (QED) is 0.505. The molecule has 0 aromatic heterocycles. The van der Waals surface area contributed by atoms with E-state index in [1.165, 1.54) is 0 Å². The standard InChI is InChI=1S/C15H25N3O3/c1-4-8-17(9-5-2)14(19)12-18-10-7-16-11-13(18)15(20)21-6-3/h4-5,13,16H,1-2,6-12H2,3H3. The fraction of sp³-hybridized carbons (Fsp3) is 0.600. The van der Waals surface area contributed by atoms with Crippen LogP contribution in [0.1, 0.15) is 6.92 Å². The monoisotopic (exact) mass is 295 g/mol. The molecule has 0 radical (unpaired) electrons. The molecular weight excluding hydrogens is 270 g/mol. The number of amides is 1. The maximum Gasteiger partial charge on any atom is 0.324 e. The van der Waals surface area contributed by atoms with E-state index in [-0.39, 0.29) is 18.4 Å². The molecule has 0 saturated carbocycles. The van der Waals surface area contributed by atoms with Crippen LogP contribution in [-0.2, 0) is 14.3 Å². The second kappa shape index (κ2) is 9.31. The largest absolute Gasteiger partial charge is 0.465 e. The summed E-state index contributed by atoms with van der Waals surface area (Å²) >= 11 is 0. The summed E-state index contributed by atoms with van der Waals surface area (Å²) in [4.78, 5) is 27.8. The molecule has 0 aromatic carbocycles.